The first-order valence-electron chi connectivity index (χ1n) is 7.68. The van der Waals surface area contributed by atoms with Crippen LogP contribution in [0.3, 0.4) is 0 Å². The Labute approximate surface area is 115 Å². The summed E-state index contributed by atoms with van der Waals surface area (Å²) >= 11 is 0. The fourth-order valence-corrected chi connectivity index (χ4v) is 4.23. The number of nitrogens with zero attached hydrogens (tertiary/aromatic N) is 1. The molecule has 2 heterocycles. The predicted molar refractivity (Wildman–Crippen MR) is 72.1 cm³/mol. The van der Waals surface area contributed by atoms with E-state index in [2.05, 4.69) is 4.90 Å². The Morgan fingerprint density at radius 1 is 1.05 bits per heavy atom. The van der Waals surface area contributed by atoms with Crippen molar-refractivity contribution in [3.05, 3.63) is 0 Å². The van der Waals surface area contributed by atoms with Crippen LogP contribution < -0.4 is 0 Å². The second-order valence-corrected chi connectivity index (χ2v) is 6.90. The van der Waals surface area contributed by atoms with Gasteiger partial charge in [-0.25, -0.2) is 0 Å². The molecule has 4 nitrogen and oxygen atoms in total. The highest BCUT2D eigenvalue weighted by Crippen LogP contribution is 2.44. The average Bonchev–Trinajstić information content (AvgIpc) is 2.39. The molecule has 1 saturated carbocycles. The molecule has 1 N–H and O–H groups in total. The van der Waals surface area contributed by atoms with Gasteiger partial charge in [-0.1, -0.05) is 19.3 Å². The number of carbonyl (C=O) groups is 1. The Hall–Kier alpha value is -0.610. The summed E-state index contributed by atoms with van der Waals surface area (Å²) in [5, 5.41) is 9.61. The first kappa shape index (κ1) is 13.4. The van der Waals surface area contributed by atoms with E-state index >= 15 is 0 Å². The van der Waals surface area contributed by atoms with Gasteiger partial charge in [0.25, 0.3) is 0 Å². The van der Waals surface area contributed by atoms with Gasteiger partial charge < -0.3 is 14.7 Å². The number of hydrogen-bond donors (Lipinski definition) is 1. The predicted octanol–water partition coefficient (Wildman–Crippen LogP) is 2.13. The molecule has 2 saturated heterocycles. The SMILES string of the molecule is O=C(O)C1(CN2CC3(CCOCC3)C2)CCCCC1. The van der Waals surface area contributed by atoms with Crippen LogP contribution in [0.2, 0.25) is 0 Å². The van der Waals surface area contributed by atoms with Crippen molar-refractivity contribution < 1.29 is 14.6 Å². The molecule has 2 aliphatic heterocycles. The number of rotatable bonds is 3. The molecular weight excluding hydrogens is 242 g/mol. The van der Waals surface area contributed by atoms with Crippen LogP contribution in [0.5, 0.6) is 0 Å². The summed E-state index contributed by atoms with van der Waals surface area (Å²) in [4.78, 5) is 14.1. The number of carboxylic acid groups (broad SMARTS) is 1. The zero-order valence-corrected chi connectivity index (χ0v) is 11.7. The lowest BCUT2D eigenvalue weighted by atomic mass is 9.69. The molecule has 0 aromatic carbocycles. The molecule has 0 aromatic heterocycles. The molecule has 0 atom stereocenters. The molecule has 3 fully saturated rings. The van der Waals surface area contributed by atoms with Gasteiger partial charge in [-0.2, -0.15) is 0 Å². The zero-order chi connectivity index (χ0) is 13.3. The van der Waals surface area contributed by atoms with E-state index in [4.69, 9.17) is 4.74 Å². The molecule has 0 radical (unpaired) electrons. The maximum atomic E-state index is 11.7. The third-order valence-corrected chi connectivity index (χ3v) is 5.46. The second-order valence-electron chi connectivity index (χ2n) is 6.90. The average molecular weight is 267 g/mol. The fourth-order valence-electron chi connectivity index (χ4n) is 4.23. The first-order chi connectivity index (χ1) is 9.14. The summed E-state index contributed by atoms with van der Waals surface area (Å²) in [5.74, 6) is -0.569. The largest absolute Gasteiger partial charge is 0.481 e. The number of aliphatic carboxylic acids is 1. The van der Waals surface area contributed by atoms with Crippen LogP contribution in [0.15, 0.2) is 0 Å². The minimum Gasteiger partial charge on any atom is -0.481 e. The molecule has 4 heteroatoms. The Morgan fingerprint density at radius 2 is 1.68 bits per heavy atom. The van der Waals surface area contributed by atoms with Gasteiger partial charge in [-0.3, -0.25) is 4.79 Å². The van der Waals surface area contributed by atoms with Crippen LogP contribution in [0.25, 0.3) is 0 Å². The molecular formula is C15H25NO3. The number of ether oxygens (including phenoxy) is 1. The highest BCUT2D eigenvalue weighted by Gasteiger charge is 2.48. The van der Waals surface area contributed by atoms with Gasteiger partial charge in [-0.15, -0.1) is 0 Å². The van der Waals surface area contributed by atoms with Crippen molar-refractivity contribution in [1.29, 1.82) is 0 Å². The fraction of sp³-hybridized carbons (Fsp3) is 0.933. The maximum absolute atomic E-state index is 11.7. The minimum atomic E-state index is -0.569. The van der Waals surface area contributed by atoms with E-state index in [0.717, 1.165) is 71.4 Å². The highest BCUT2D eigenvalue weighted by atomic mass is 16.5. The standard InChI is InChI=1S/C15H25NO3/c17-13(18)15(4-2-1-3-5-15)12-16-10-14(11-16)6-8-19-9-7-14/h1-12H2,(H,17,18). The number of carboxylic acids is 1. The summed E-state index contributed by atoms with van der Waals surface area (Å²) in [6.45, 7) is 4.72. The molecule has 1 spiro atoms. The Bertz CT molecular complexity index is 335. The Balaban J connectivity index is 1.57. The third kappa shape index (κ3) is 2.52. The van der Waals surface area contributed by atoms with Crippen LogP contribution in [0.1, 0.15) is 44.9 Å². The van der Waals surface area contributed by atoms with E-state index in [9.17, 15) is 9.90 Å². The van der Waals surface area contributed by atoms with Crippen molar-refractivity contribution >= 4 is 5.97 Å². The first-order valence-corrected chi connectivity index (χ1v) is 7.68. The van der Waals surface area contributed by atoms with Gasteiger partial charge in [0.1, 0.15) is 0 Å². The molecule has 3 rings (SSSR count). The monoisotopic (exact) mass is 267 g/mol. The molecule has 0 bridgehead atoms. The van der Waals surface area contributed by atoms with Crippen molar-refractivity contribution in [3.63, 3.8) is 0 Å². The van der Waals surface area contributed by atoms with E-state index in [1.54, 1.807) is 0 Å². The quantitative estimate of drug-likeness (QED) is 0.851. The van der Waals surface area contributed by atoms with E-state index < -0.39 is 11.4 Å². The van der Waals surface area contributed by atoms with E-state index in [-0.39, 0.29) is 0 Å². The van der Waals surface area contributed by atoms with Gasteiger partial charge in [0.15, 0.2) is 0 Å². The molecule has 19 heavy (non-hydrogen) atoms. The third-order valence-electron chi connectivity index (χ3n) is 5.46. The van der Waals surface area contributed by atoms with Crippen LogP contribution in [0, 0.1) is 10.8 Å². The Morgan fingerprint density at radius 3 is 2.26 bits per heavy atom. The molecule has 1 aliphatic carbocycles. The lowest BCUT2D eigenvalue weighted by molar-refractivity contribution is -0.157. The van der Waals surface area contributed by atoms with E-state index in [0.29, 0.717) is 5.41 Å². The van der Waals surface area contributed by atoms with Crippen molar-refractivity contribution in [1.82, 2.24) is 4.90 Å². The maximum Gasteiger partial charge on any atom is 0.310 e. The molecule has 0 aromatic rings. The summed E-state index contributed by atoms with van der Waals surface area (Å²) in [7, 11) is 0. The smallest absolute Gasteiger partial charge is 0.310 e. The normalized spacial score (nSPS) is 29.9. The summed E-state index contributed by atoms with van der Waals surface area (Å²) in [6.07, 6.45) is 7.42. The number of hydrogen-bond acceptors (Lipinski definition) is 3. The van der Waals surface area contributed by atoms with Gasteiger partial charge >= 0.3 is 5.97 Å². The van der Waals surface area contributed by atoms with Crippen LogP contribution in [-0.2, 0) is 9.53 Å². The van der Waals surface area contributed by atoms with Gasteiger partial charge in [0.2, 0.25) is 0 Å². The second kappa shape index (κ2) is 5.06. The van der Waals surface area contributed by atoms with E-state index in [1.165, 1.54) is 6.42 Å². The van der Waals surface area contributed by atoms with Crippen molar-refractivity contribution in [2.45, 2.75) is 44.9 Å². The molecule has 108 valence electrons. The van der Waals surface area contributed by atoms with Crippen LogP contribution in [0.4, 0.5) is 0 Å². The van der Waals surface area contributed by atoms with Crippen LogP contribution >= 0.6 is 0 Å². The molecule has 0 unspecified atom stereocenters. The number of likely N-dealkylation sites (tertiary alicyclic amines) is 1. The van der Waals surface area contributed by atoms with Gasteiger partial charge in [0.05, 0.1) is 5.41 Å². The molecule has 0 amide bonds. The van der Waals surface area contributed by atoms with Gasteiger partial charge in [-0.05, 0) is 25.7 Å². The van der Waals surface area contributed by atoms with Crippen LogP contribution in [-0.4, -0.2) is 48.8 Å². The topological polar surface area (TPSA) is 49.8 Å². The summed E-state index contributed by atoms with van der Waals surface area (Å²) in [6, 6.07) is 0. The minimum absolute atomic E-state index is 0.451. The van der Waals surface area contributed by atoms with Crippen molar-refractivity contribution in [2.75, 3.05) is 32.8 Å². The van der Waals surface area contributed by atoms with Crippen molar-refractivity contribution in [3.8, 4) is 0 Å². The van der Waals surface area contributed by atoms with Crippen molar-refractivity contribution in [2.24, 2.45) is 10.8 Å². The molecule has 3 aliphatic rings. The lowest BCUT2D eigenvalue weighted by Crippen LogP contribution is -2.61. The van der Waals surface area contributed by atoms with E-state index in [1.807, 2.05) is 0 Å². The lowest BCUT2D eigenvalue weighted by Gasteiger charge is -2.54. The Kier molecular flexibility index (Phi) is 3.56. The summed E-state index contributed by atoms with van der Waals surface area (Å²) in [5.41, 5.74) is -0.00234. The van der Waals surface area contributed by atoms with Gasteiger partial charge in [0, 0.05) is 38.3 Å². The highest BCUT2D eigenvalue weighted by molar-refractivity contribution is 5.75. The summed E-state index contributed by atoms with van der Waals surface area (Å²) < 4.78 is 5.43. The zero-order valence-electron chi connectivity index (χ0n) is 11.7.